The first-order chi connectivity index (χ1) is 9.14. The van der Waals surface area contributed by atoms with Crippen LogP contribution in [-0.2, 0) is 19.4 Å². The standard InChI is InChI=1S/C12H23N3O4S/c1-8(2)11(13)12(17)14-6-10(16)15(3)9-4-5-20(18,19)7-9/h8-9,11H,4-7,13H2,1-3H3,(H,14,17)/t9?,11-/m0/s1. The van der Waals surface area contributed by atoms with Crippen LogP contribution in [0, 0.1) is 5.92 Å². The van der Waals surface area contributed by atoms with Crippen LogP contribution in [0.2, 0.25) is 0 Å². The van der Waals surface area contributed by atoms with E-state index in [0.29, 0.717) is 6.42 Å². The average Bonchev–Trinajstić information content (AvgIpc) is 2.73. The fourth-order valence-corrected chi connectivity index (χ4v) is 3.77. The zero-order valence-electron chi connectivity index (χ0n) is 12.1. The van der Waals surface area contributed by atoms with Gasteiger partial charge in [0.2, 0.25) is 11.8 Å². The van der Waals surface area contributed by atoms with Crippen LogP contribution >= 0.6 is 0 Å². The van der Waals surface area contributed by atoms with E-state index < -0.39 is 15.9 Å². The van der Waals surface area contributed by atoms with Crippen molar-refractivity contribution < 1.29 is 18.0 Å². The lowest BCUT2D eigenvalue weighted by molar-refractivity contribution is -0.133. The van der Waals surface area contributed by atoms with Gasteiger partial charge in [0.1, 0.15) is 0 Å². The molecule has 0 spiro atoms. The highest BCUT2D eigenvalue weighted by atomic mass is 32.2. The number of amides is 2. The van der Waals surface area contributed by atoms with Crippen molar-refractivity contribution in [2.24, 2.45) is 11.7 Å². The molecule has 0 aromatic heterocycles. The number of sulfone groups is 1. The second-order valence-corrected chi connectivity index (χ2v) is 7.78. The SMILES string of the molecule is CC(C)[C@H](N)C(=O)NCC(=O)N(C)C1CCS(=O)(=O)C1. The summed E-state index contributed by atoms with van der Waals surface area (Å²) < 4.78 is 22.7. The molecule has 1 aliphatic rings. The number of rotatable bonds is 5. The molecule has 0 radical (unpaired) electrons. The van der Waals surface area contributed by atoms with Crippen LogP contribution in [0.25, 0.3) is 0 Å². The van der Waals surface area contributed by atoms with E-state index in [0.717, 1.165) is 0 Å². The fraction of sp³-hybridized carbons (Fsp3) is 0.833. The van der Waals surface area contributed by atoms with Gasteiger partial charge >= 0.3 is 0 Å². The average molecular weight is 305 g/mol. The molecule has 1 rings (SSSR count). The van der Waals surface area contributed by atoms with Crippen LogP contribution < -0.4 is 11.1 Å². The smallest absolute Gasteiger partial charge is 0.241 e. The molecule has 1 fully saturated rings. The Labute approximate surface area is 119 Å². The Morgan fingerprint density at radius 1 is 1.40 bits per heavy atom. The van der Waals surface area contributed by atoms with Crippen molar-refractivity contribution in [3.8, 4) is 0 Å². The summed E-state index contributed by atoms with van der Waals surface area (Å²) in [7, 11) is -1.47. The van der Waals surface area contributed by atoms with E-state index in [1.165, 1.54) is 4.90 Å². The molecule has 0 aromatic carbocycles. The quantitative estimate of drug-likeness (QED) is 0.658. The van der Waals surface area contributed by atoms with Crippen molar-refractivity contribution in [1.29, 1.82) is 0 Å². The van der Waals surface area contributed by atoms with Crippen molar-refractivity contribution in [2.45, 2.75) is 32.4 Å². The molecule has 116 valence electrons. The van der Waals surface area contributed by atoms with Gasteiger partial charge in [0.15, 0.2) is 9.84 Å². The zero-order chi connectivity index (χ0) is 15.5. The van der Waals surface area contributed by atoms with Gasteiger partial charge in [0.05, 0.1) is 24.1 Å². The van der Waals surface area contributed by atoms with Crippen molar-refractivity contribution in [1.82, 2.24) is 10.2 Å². The maximum absolute atomic E-state index is 11.9. The Morgan fingerprint density at radius 3 is 2.45 bits per heavy atom. The monoisotopic (exact) mass is 305 g/mol. The van der Waals surface area contributed by atoms with Crippen LogP contribution in [0.1, 0.15) is 20.3 Å². The maximum Gasteiger partial charge on any atom is 0.241 e. The Balaban J connectivity index is 2.45. The van der Waals surface area contributed by atoms with E-state index in [4.69, 9.17) is 5.73 Å². The third-order valence-corrected chi connectivity index (χ3v) is 5.33. The first-order valence-corrected chi connectivity index (χ1v) is 8.45. The van der Waals surface area contributed by atoms with E-state index >= 15 is 0 Å². The van der Waals surface area contributed by atoms with E-state index in [9.17, 15) is 18.0 Å². The summed E-state index contributed by atoms with van der Waals surface area (Å²) >= 11 is 0. The molecular weight excluding hydrogens is 282 g/mol. The highest BCUT2D eigenvalue weighted by Crippen LogP contribution is 2.16. The third kappa shape index (κ3) is 4.45. The number of hydrogen-bond acceptors (Lipinski definition) is 5. The van der Waals surface area contributed by atoms with Gasteiger partial charge in [-0.05, 0) is 12.3 Å². The Hall–Kier alpha value is -1.15. The molecule has 0 aromatic rings. The van der Waals surface area contributed by atoms with Crippen LogP contribution in [0.15, 0.2) is 0 Å². The highest BCUT2D eigenvalue weighted by Gasteiger charge is 2.32. The topological polar surface area (TPSA) is 110 Å². The molecule has 1 unspecified atom stereocenters. The molecule has 1 saturated heterocycles. The molecule has 0 aliphatic carbocycles. The molecule has 20 heavy (non-hydrogen) atoms. The number of hydrogen-bond donors (Lipinski definition) is 2. The molecule has 0 saturated carbocycles. The Morgan fingerprint density at radius 2 is 2.00 bits per heavy atom. The van der Waals surface area contributed by atoms with E-state index in [1.807, 2.05) is 13.8 Å². The summed E-state index contributed by atoms with van der Waals surface area (Å²) in [4.78, 5) is 24.9. The summed E-state index contributed by atoms with van der Waals surface area (Å²) in [6.45, 7) is 3.48. The van der Waals surface area contributed by atoms with Gasteiger partial charge in [-0.15, -0.1) is 0 Å². The minimum Gasteiger partial charge on any atom is -0.346 e. The molecular formula is C12H23N3O4S. The van der Waals surface area contributed by atoms with E-state index in [2.05, 4.69) is 5.32 Å². The van der Waals surface area contributed by atoms with E-state index in [1.54, 1.807) is 7.05 Å². The predicted octanol–water partition coefficient (Wildman–Crippen LogP) is -1.27. The molecule has 7 nitrogen and oxygen atoms in total. The minimum absolute atomic E-state index is 0.00526. The largest absolute Gasteiger partial charge is 0.346 e. The van der Waals surface area contributed by atoms with Gasteiger partial charge < -0.3 is 16.0 Å². The second kappa shape index (κ2) is 6.53. The van der Waals surface area contributed by atoms with Gasteiger partial charge in [-0.1, -0.05) is 13.8 Å². The molecule has 1 heterocycles. The molecule has 8 heteroatoms. The number of carbonyl (C=O) groups excluding carboxylic acids is 2. The van der Waals surface area contributed by atoms with Gasteiger partial charge in [0.25, 0.3) is 0 Å². The van der Waals surface area contributed by atoms with Gasteiger partial charge in [-0.25, -0.2) is 8.42 Å². The lowest BCUT2D eigenvalue weighted by atomic mass is 10.1. The van der Waals surface area contributed by atoms with Crippen molar-refractivity contribution in [2.75, 3.05) is 25.1 Å². The Bertz CT molecular complexity index is 475. The summed E-state index contributed by atoms with van der Waals surface area (Å²) in [5, 5.41) is 2.48. The lowest BCUT2D eigenvalue weighted by Gasteiger charge is -2.24. The van der Waals surface area contributed by atoms with Crippen LogP contribution in [-0.4, -0.2) is 62.3 Å². The number of nitrogens with zero attached hydrogens (tertiary/aromatic N) is 1. The molecule has 1 aliphatic heterocycles. The maximum atomic E-state index is 11.9. The molecule has 2 amide bonds. The predicted molar refractivity (Wildman–Crippen MR) is 75.7 cm³/mol. The van der Waals surface area contributed by atoms with Gasteiger partial charge in [-0.3, -0.25) is 9.59 Å². The Kier molecular flexibility index (Phi) is 5.52. The first kappa shape index (κ1) is 16.9. The zero-order valence-corrected chi connectivity index (χ0v) is 12.9. The summed E-state index contributed by atoms with van der Waals surface area (Å²) in [5.41, 5.74) is 5.66. The summed E-state index contributed by atoms with van der Waals surface area (Å²) in [6, 6.07) is -0.955. The number of nitrogens with one attached hydrogen (secondary N) is 1. The fourth-order valence-electron chi connectivity index (χ4n) is 1.99. The normalized spacial score (nSPS) is 22.6. The van der Waals surface area contributed by atoms with Crippen LogP contribution in [0.4, 0.5) is 0 Å². The van der Waals surface area contributed by atoms with Gasteiger partial charge in [-0.2, -0.15) is 0 Å². The molecule has 3 N–H and O–H groups in total. The van der Waals surface area contributed by atoms with Crippen molar-refractivity contribution in [3.63, 3.8) is 0 Å². The third-order valence-electron chi connectivity index (χ3n) is 3.58. The first-order valence-electron chi connectivity index (χ1n) is 6.63. The highest BCUT2D eigenvalue weighted by molar-refractivity contribution is 7.91. The second-order valence-electron chi connectivity index (χ2n) is 5.55. The van der Waals surface area contributed by atoms with Crippen molar-refractivity contribution >= 4 is 21.7 Å². The summed E-state index contributed by atoms with van der Waals surface area (Å²) in [5.74, 6) is -0.589. The van der Waals surface area contributed by atoms with Crippen LogP contribution in [0.5, 0.6) is 0 Å². The van der Waals surface area contributed by atoms with Crippen molar-refractivity contribution in [3.05, 3.63) is 0 Å². The van der Waals surface area contributed by atoms with Gasteiger partial charge in [0, 0.05) is 13.1 Å². The number of likely N-dealkylation sites (N-methyl/N-ethyl adjacent to an activating group) is 1. The van der Waals surface area contributed by atoms with E-state index in [-0.39, 0.29) is 41.8 Å². The number of carbonyl (C=O) groups is 2. The van der Waals surface area contributed by atoms with Crippen LogP contribution in [0.3, 0.4) is 0 Å². The number of nitrogens with two attached hydrogens (primary N) is 1. The minimum atomic E-state index is -3.03. The molecule has 0 bridgehead atoms. The molecule has 2 atom stereocenters. The lowest BCUT2D eigenvalue weighted by Crippen LogP contribution is -2.49. The summed E-state index contributed by atoms with van der Waals surface area (Å²) in [6.07, 6.45) is 0.448.